The highest BCUT2D eigenvalue weighted by molar-refractivity contribution is 4.97. The van der Waals surface area contributed by atoms with Gasteiger partial charge in [0.25, 0.3) is 0 Å². The molecule has 0 atom stereocenters. The lowest BCUT2D eigenvalue weighted by Gasteiger charge is -2.36. The van der Waals surface area contributed by atoms with Crippen molar-refractivity contribution < 1.29 is 9.84 Å². The number of allylic oxidation sites excluding steroid dienone is 1. The van der Waals surface area contributed by atoms with Crippen LogP contribution in [-0.2, 0) is 4.74 Å². The van der Waals surface area contributed by atoms with Crippen LogP contribution in [0.3, 0.4) is 0 Å². The second kappa shape index (κ2) is 6.99. The Labute approximate surface area is 93.7 Å². The van der Waals surface area contributed by atoms with Crippen LogP contribution in [0.15, 0.2) is 11.6 Å². The Morgan fingerprint density at radius 3 is 2.40 bits per heavy atom. The van der Waals surface area contributed by atoms with Gasteiger partial charge in [0.2, 0.25) is 0 Å². The van der Waals surface area contributed by atoms with Gasteiger partial charge >= 0.3 is 0 Å². The molecule has 0 aromatic rings. The van der Waals surface area contributed by atoms with Crippen molar-refractivity contribution in [3.8, 4) is 0 Å². The van der Waals surface area contributed by atoms with Crippen molar-refractivity contribution in [2.45, 2.75) is 33.2 Å². The van der Waals surface area contributed by atoms with Crippen molar-refractivity contribution in [3.63, 3.8) is 0 Å². The van der Waals surface area contributed by atoms with E-state index >= 15 is 0 Å². The zero-order valence-corrected chi connectivity index (χ0v) is 10.7. The van der Waals surface area contributed by atoms with Gasteiger partial charge in [-0.15, -0.1) is 0 Å². The summed E-state index contributed by atoms with van der Waals surface area (Å²) in [6, 6.07) is 0. The minimum Gasteiger partial charge on any atom is -0.394 e. The van der Waals surface area contributed by atoms with E-state index in [-0.39, 0.29) is 12.1 Å². The molecule has 0 saturated heterocycles. The first kappa shape index (κ1) is 14.6. The number of rotatable bonds is 7. The van der Waals surface area contributed by atoms with Crippen LogP contribution in [0, 0.1) is 0 Å². The molecule has 0 heterocycles. The van der Waals surface area contributed by atoms with Crippen molar-refractivity contribution in [2.24, 2.45) is 0 Å². The summed E-state index contributed by atoms with van der Waals surface area (Å²) in [6.07, 6.45) is 2.17. The summed E-state index contributed by atoms with van der Waals surface area (Å²) >= 11 is 0. The van der Waals surface area contributed by atoms with Crippen LogP contribution in [0.5, 0.6) is 0 Å². The van der Waals surface area contributed by atoms with Crippen molar-refractivity contribution in [1.29, 1.82) is 0 Å². The highest BCUT2D eigenvalue weighted by Gasteiger charge is 2.24. The number of aliphatic hydroxyl groups excluding tert-OH is 1. The van der Waals surface area contributed by atoms with E-state index in [9.17, 15) is 5.11 Å². The smallest absolute Gasteiger partial charge is 0.0610 e. The molecule has 0 fully saturated rings. The maximum atomic E-state index is 9.33. The number of aliphatic hydroxyl groups is 1. The van der Waals surface area contributed by atoms with E-state index in [1.807, 2.05) is 13.8 Å². The van der Waals surface area contributed by atoms with Gasteiger partial charge in [-0.05, 0) is 27.7 Å². The lowest BCUT2D eigenvalue weighted by atomic mass is 10.0. The summed E-state index contributed by atoms with van der Waals surface area (Å²) < 4.78 is 5.07. The molecule has 15 heavy (non-hydrogen) atoms. The fourth-order valence-electron chi connectivity index (χ4n) is 1.24. The average molecular weight is 215 g/mol. The van der Waals surface area contributed by atoms with Crippen molar-refractivity contribution in [3.05, 3.63) is 11.6 Å². The topological polar surface area (TPSA) is 32.7 Å². The molecule has 0 radical (unpaired) electrons. The van der Waals surface area contributed by atoms with E-state index in [2.05, 4.69) is 24.8 Å². The molecular weight excluding hydrogens is 190 g/mol. The summed E-state index contributed by atoms with van der Waals surface area (Å²) in [7, 11) is 1.70. The van der Waals surface area contributed by atoms with Gasteiger partial charge in [-0.25, -0.2) is 0 Å². The van der Waals surface area contributed by atoms with Gasteiger partial charge in [0.05, 0.1) is 13.2 Å². The van der Waals surface area contributed by atoms with Crippen LogP contribution >= 0.6 is 0 Å². The predicted molar refractivity (Wildman–Crippen MR) is 64.0 cm³/mol. The highest BCUT2D eigenvalue weighted by atomic mass is 16.5. The second-order valence-corrected chi connectivity index (χ2v) is 4.69. The zero-order valence-electron chi connectivity index (χ0n) is 10.7. The van der Waals surface area contributed by atoms with E-state index in [0.29, 0.717) is 6.61 Å². The summed E-state index contributed by atoms with van der Waals surface area (Å²) in [6.45, 7) is 10.8. The molecule has 0 spiro atoms. The van der Waals surface area contributed by atoms with Crippen molar-refractivity contribution >= 4 is 0 Å². The summed E-state index contributed by atoms with van der Waals surface area (Å²) in [5.74, 6) is 0. The van der Waals surface area contributed by atoms with Gasteiger partial charge in [0, 0.05) is 25.7 Å². The second-order valence-electron chi connectivity index (χ2n) is 4.69. The molecule has 0 aromatic heterocycles. The van der Waals surface area contributed by atoms with E-state index in [1.165, 1.54) is 5.57 Å². The normalized spacial score (nSPS) is 11.9. The molecule has 90 valence electrons. The van der Waals surface area contributed by atoms with Gasteiger partial charge in [-0.2, -0.15) is 0 Å². The zero-order chi connectivity index (χ0) is 11.9. The predicted octanol–water partition coefficient (Wildman–Crippen LogP) is 1.67. The van der Waals surface area contributed by atoms with Crippen LogP contribution < -0.4 is 0 Å². The molecule has 0 unspecified atom stereocenters. The van der Waals surface area contributed by atoms with Gasteiger partial charge in [0.1, 0.15) is 0 Å². The summed E-state index contributed by atoms with van der Waals surface area (Å²) in [5.41, 5.74) is 1.11. The van der Waals surface area contributed by atoms with Gasteiger partial charge in [-0.1, -0.05) is 11.6 Å². The largest absolute Gasteiger partial charge is 0.394 e. The quantitative estimate of drug-likeness (QED) is 0.656. The van der Waals surface area contributed by atoms with Gasteiger partial charge < -0.3 is 9.84 Å². The average Bonchev–Trinajstić information content (AvgIpc) is 2.17. The minimum atomic E-state index is -0.190. The Balaban J connectivity index is 4.36. The molecule has 0 bridgehead atoms. The number of ether oxygens (including phenoxy) is 1. The maximum Gasteiger partial charge on any atom is 0.0610 e. The molecule has 0 aliphatic carbocycles. The van der Waals surface area contributed by atoms with E-state index in [1.54, 1.807) is 7.11 Å². The molecule has 3 nitrogen and oxygen atoms in total. The first-order valence-electron chi connectivity index (χ1n) is 5.42. The molecule has 0 aliphatic heterocycles. The number of hydrogen-bond donors (Lipinski definition) is 1. The van der Waals surface area contributed by atoms with E-state index in [4.69, 9.17) is 4.74 Å². The van der Waals surface area contributed by atoms with Crippen LogP contribution in [0.1, 0.15) is 27.7 Å². The van der Waals surface area contributed by atoms with Gasteiger partial charge in [0.15, 0.2) is 0 Å². The molecular formula is C12H25NO2. The molecule has 0 rings (SSSR count). The van der Waals surface area contributed by atoms with Crippen LogP contribution in [0.4, 0.5) is 0 Å². The Morgan fingerprint density at radius 2 is 2.00 bits per heavy atom. The first-order chi connectivity index (χ1) is 6.94. The Bertz CT molecular complexity index is 196. The summed E-state index contributed by atoms with van der Waals surface area (Å²) in [5, 5.41) is 9.33. The highest BCUT2D eigenvalue weighted by Crippen LogP contribution is 2.13. The Morgan fingerprint density at radius 1 is 1.40 bits per heavy atom. The van der Waals surface area contributed by atoms with Crippen molar-refractivity contribution in [1.82, 2.24) is 4.90 Å². The lowest BCUT2D eigenvalue weighted by Crippen LogP contribution is -2.48. The molecule has 0 aliphatic rings. The van der Waals surface area contributed by atoms with E-state index < -0.39 is 0 Å². The molecule has 0 saturated carbocycles. The number of nitrogens with zero attached hydrogens (tertiary/aromatic N) is 1. The fraction of sp³-hybridized carbons (Fsp3) is 0.833. The molecule has 3 heteroatoms. The van der Waals surface area contributed by atoms with Gasteiger partial charge in [-0.3, -0.25) is 4.90 Å². The third-order valence-corrected chi connectivity index (χ3v) is 2.53. The minimum absolute atomic E-state index is 0.160. The Kier molecular flexibility index (Phi) is 6.81. The third-order valence-electron chi connectivity index (χ3n) is 2.53. The third kappa shape index (κ3) is 5.92. The number of hydrogen-bond acceptors (Lipinski definition) is 3. The SMILES string of the molecule is COCCN(CC=C(C)C)C(C)(C)CO. The monoisotopic (exact) mass is 215 g/mol. The van der Waals surface area contributed by atoms with E-state index in [0.717, 1.165) is 13.1 Å². The van der Waals surface area contributed by atoms with Crippen molar-refractivity contribution in [2.75, 3.05) is 33.4 Å². The summed E-state index contributed by atoms with van der Waals surface area (Å²) in [4.78, 5) is 2.23. The molecule has 0 aromatic carbocycles. The van der Waals surface area contributed by atoms with Crippen LogP contribution in [-0.4, -0.2) is 49.0 Å². The first-order valence-corrected chi connectivity index (χ1v) is 5.42. The maximum absolute atomic E-state index is 9.33. The van der Waals surface area contributed by atoms with Crippen LogP contribution in [0.2, 0.25) is 0 Å². The number of methoxy groups -OCH3 is 1. The Hall–Kier alpha value is -0.380. The molecule has 0 amide bonds. The standard InChI is InChI=1S/C12H25NO2/c1-11(2)6-7-13(8-9-15-5)12(3,4)10-14/h6,14H,7-10H2,1-5H3. The lowest BCUT2D eigenvalue weighted by molar-refractivity contribution is 0.0443. The van der Waals surface area contributed by atoms with Crippen LogP contribution in [0.25, 0.3) is 0 Å². The fourth-order valence-corrected chi connectivity index (χ4v) is 1.24. The molecule has 1 N–H and O–H groups in total.